The zero-order chi connectivity index (χ0) is 15.8. The number of benzene rings is 1. The molecule has 0 heterocycles. The van der Waals surface area contributed by atoms with Gasteiger partial charge in [0.05, 0.1) is 4.91 Å². The fourth-order valence-electron chi connectivity index (χ4n) is 2.02. The van der Waals surface area contributed by atoms with Crippen LogP contribution in [0.5, 0.6) is 0 Å². The third-order valence-electron chi connectivity index (χ3n) is 3.24. The summed E-state index contributed by atoms with van der Waals surface area (Å²) in [7, 11) is 0. The van der Waals surface area contributed by atoms with Crippen molar-refractivity contribution in [1.82, 2.24) is 5.32 Å². The van der Waals surface area contributed by atoms with E-state index in [2.05, 4.69) is 37.0 Å². The molecule has 0 saturated heterocycles. The Kier molecular flexibility index (Phi) is 7.03. The van der Waals surface area contributed by atoms with E-state index in [0.29, 0.717) is 6.54 Å². The van der Waals surface area contributed by atoms with Gasteiger partial charge in [0.25, 0.3) is 5.91 Å². The molecule has 0 aliphatic carbocycles. The summed E-state index contributed by atoms with van der Waals surface area (Å²) < 4.78 is 0. The topological polar surface area (TPSA) is 29.1 Å². The number of rotatable bonds is 6. The molecule has 0 aliphatic heterocycles. The van der Waals surface area contributed by atoms with Crippen molar-refractivity contribution in [2.24, 2.45) is 0 Å². The lowest BCUT2D eigenvalue weighted by Crippen LogP contribution is -2.24. The lowest BCUT2D eigenvalue weighted by Gasteiger charge is -2.11. The van der Waals surface area contributed by atoms with Crippen LogP contribution in [0.25, 0.3) is 6.08 Å². The third kappa shape index (κ3) is 4.64. The minimum Gasteiger partial charge on any atom is -0.352 e. The van der Waals surface area contributed by atoms with Gasteiger partial charge in [0, 0.05) is 6.54 Å². The van der Waals surface area contributed by atoms with Crippen LogP contribution in [0.3, 0.4) is 0 Å². The zero-order valence-corrected chi connectivity index (χ0v) is 14.0. The smallest absolute Gasteiger partial charge is 0.257 e. The molecule has 0 spiro atoms. The van der Waals surface area contributed by atoms with Gasteiger partial charge in [0.2, 0.25) is 0 Å². The Morgan fingerprint density at radius 1 is 1.38 bits per heavy atom. The van der Waals surface area contributed by atoms with Crippen LogP contribution in [0.15, 0.2) is 53.0 Å². The molecule has 1 amide bonds. The Hall–Kier alpha value is -1.74. The van der Waals surface area contributed by atoms with E-state index >= 15 is 0 Å². The second kappa shape index (κ2) is 8.53. The van der Waals surface area contributed by atoms with E-state index < -0.39 is 0 Å². The Labute approximate surface area is 132 Å². The van der Waals surface area contributed by atoms with Gasteiger partial charge in [-0.15, -0.1) is 11.8 Å². The molecule has 1 rings (SSSR count). The molecule has 21 heavy (non-hydrogen) atoms. The van der Waals surface area contributed by atoms with Crippen molar-refractivity contribution in [3.05, 3.63) is 64.1 Å². The van der Waals surface area contributed by atoms with Crippen LogP contribution in [-0.4, -0.2) is 18.7 Å². The quantitative estimate of drug-likeness (QED) is 0.625. The predicted octanol–water partition coefficient (Wildman–Crippen LogP) is 4.34. The number of aryl methyl sites for hydroxylation is 1. The summed E-state index contributed by atoms with van der Waals surface area (Å²) in [6, 6.07) is 8.17. The summed E-state index contributed by atoms with van der Waals surface area (Å²) in [4.78, 5) is 12.8. The van der Waals surface area contributed by atoms with Crippen LogP contribution in [0.2, 0.25) is 0 Å². The highest BCUT2D eigenvalue weighted by atomic mass is 32.2. The maximum Gasteiger partial charge on any atom is 0.257 e. The van der Waals surface area contributed by atoms with Crippen molar-refractivity contribution in [3.8, 4) is 0 Å². The largest absolute Gasteiger partial charge is 0.352 e. The molecular formula is C18H23NOS. The first-order chi connectivity index (χ1) is 10.0. The highest BCUT2D eigenvalue weighted by molar-refractivity contribution is 8.03. The molecule has 0 unspecified atom stereocenters. The van der Waals surface area contributed by atoms with Gasteiger partial charge in [-0.2, -0.15) is 0 Å². The van der Waals surface area contributed by atoms with Crippen molar-refractivity contribution >= 4 is 23.7 Å². The first-order valence-electron chi connectivity index (χ1n) is 6.98. The molecule has 0 atom stereocenters. The van der Waals surface area contributed by atoms with Crippen LogP contribution < -0.4 is 5.32 Å². The van der Waals surface area contributed by atoms with Crippen LogP contribution in [-0.2, 0) is 4.79 Å². The Morgan fingerprint density at radius 2 is 2.05 bits per heavy atom. The van der Waals surface area contributed by atoms with Crippen molar-refractivity contribution < 1.29 is 4.79 Å². The van der Waals surface area contributed by atoms with Gasteiger partial charge in [0.1, 0.15) is 0 Å². The fourth-order valence-corrected chi connectivity index (χ4v) is 2.71. The molecule has 2 nitrogen and oxygen atoms in total. The number of amides is 1. The van der Waals surface area contributed by atoms with Crippen LogP contribution in [0, 0.1) is 6.92 Å². The fraction of sp³-hybridized carbons (Fsp3) is 0.278. The standard InChI is InChI=1S/C18H23NOS/c1-6-15(12-16-11-9-8-10-13(16)3)14(4)17(21-5)18(20)19-7-2/h6,8-12H,1,7H2,2-5H3,(H,19,20)/b15-12+,17-14+. The van der Waals surface area contributed by atoms with E-state index in [4.69, 9.17) is 0 Å². The van der Waals surface area contributed by atoms with E-state index in [1.807, 2.05) is 32.2 Å². The Bertz CT molecular complexity index is 585. The first-order valence-corrected chi connectivity index (χ1v) is 8.20. The number of thioether (sulfide) groups is 1. The summed E-state index contributed by atoms with van der Waals surface area (Å²) >= 11 is 1.46. The zero-order valence-electron chi connectivity index (χ0n) is 13.2. The van der Waals surface area contributed by atoms with Gasteiger partial charge in [-0.25, -0.2) is 0 Å². The summed E-state index contributed by atoms with van der Waals surface area (Å²) in [6.07, 6.45) is 5.80. The first kappa shape index (κ1) is 17.3. The Balaban J connectivity index is 3.27. The monoisotopic (exact) mass is 301 g/mol. The number of allylic oxidation sites excluding steroid dienone is 3. The number of carbonyl (C=O) groups excluding carboxylic acids is 1. The highest BCUT2D eigenvalue weighted by Gasteiger charge is 2.12. The molecule has 1 aromatic carbocycles. The molecule has 0 aromatic heterocycles. The highest BCUT2D eigenvalue weighted by Crippen LogP contribution is 2.25. The van der Waals surface area contributed by atoms with Crippen LogP contribution in [0.4, 0.5) is 0 Å². The SMILES string of the molecule is C=CC(=C\c1ccccc1C)/C(C)=C(/SC)C(=O)NCC. The Morgan fingerprint density at radius 3 is 2.57 bits per heavy atom. The molecule has 112 valence electrons. The van der Waals surface area contributed by atoms with Crippen molar-refractivity contribution in [2.75, 3.05) is 12.8 Å². The van der Waals surface area contributed by atoms with Gasteiger partial charge in [-0.1, -0.05) is 36.9 Å². The second-order valence-electron chi connectivity index (χ2n) is 4.68. The van der Waals surface area contributed by atoms with Gasteiger partial charge < -0.3 is 5.32 Å². The normalized spacial score (nSPS) is 12.7. The van der Waals surface area contributed by atoms with Crippen molar-refractivity contribution in [2.45, 2.75) is 20.8 Å². The van der Waals surface area contributed by atoms with E-state index in [1.165, 1.54) is 17.3 Å². The molecule has 0 bridgehead atoms. The lowest BCUT2D eigenvalue weighted by molar-refractivity contribution is -0.116. The molecule has 1 aromatic rings. The average molecular weight is 301 g/mol. The van der Waals surface area contributed by atoms with E-state index in [0.717, 1.165) is 21.6 Å². The minimum absolute atomic E-state index is 0.0277. The molecule has 1 N–H and O–H groups in total. The number of nitrogens with one attached hydrogen (secondary N) is 1. The third-order valence-corrected chi connectivity index (χ3v) is 4.14. The van der Waals surface area contributed by atoms with Gasteiger partial charge in [0.15, 0.2) is 0 Å². The molecular weight excluding hydrogens is 278 g/mol. The van der Waals surface area contributed by atoms with Gasteiger partial charge in [-0.3, -0.25) is 4.79 Å². The average Bonchev–Trinajstić information content (AvgIpc) is 2.47. The molecule has 0 aliphatic rings. The van der Waals surface area contributed by atoms with Crippen molar-refractivity contribution in [1.29, 1.82) is 0 Å². The molecule has 0 saturated carbocycles. The van der Waals surface area contributed by atoms with E-state index in [9.17, 15) is 4.79 Å². The number of carbonyl (C=O) groups is 1. The van der Waals surface area contributed by atoms with Crippen molar-refractivity contribution in [3.63, 3.8) is 0 Å². The van der Waals surface area contributed by atoms with Gasteiger partial charge >= 0.3 is 0 Å². The summed E-state index contributed by atoms with van der Waals surface area (Å²) in [5.74, 6) is -0.0277. The molecule has 0 fully saturated rings. The lowest BCUT2D eigenvalue weighted by atomic mass is 10.0. The van der Waals surface area contributed by atoms with Crippen LogP contribution in [0.1, 0.15) is 25.0 Å². The molecule has 0 radical (unpaired) electrons. The predicted molar refractivity (Wildman–Crippen MR) is 94.3 cm³/mol. The maximum absolute atomic E-state index is 12.1. The minimum atomic E-state index is -0.0277. The maximum atomic E-state index is 12.1. The second-order valence-corrected chi connectivity index (χ2v) is 5.49. The summed E-state index contributed by atoms with van der Waals surface area (Å²) in [6.45, 7) is 10.5. The number of hydrogen-bond donors (Lipinski definition) is 1. The van der Waals surface area contributed by atoms with E-state index in [1.54, 1.807) is 6.08 Å². The van der Waals surface area contributed by atoms with E-state index in [-0.39, 0.29) is 5.91 Å². The molecule has 3 heteroatoms. The summed E-state index contributed by atoms with van der Waals surface area (Å²) in [5.41, 5.74) is 4.27. The number of likely N-dealkylation sites (N-methyl/N-ethyl adjacent to an activating group) is 1. The van der Waals surface area contributed by atoms with Crippen LogP contribution >= 0.6 is 11.8 Å². The van der Waals surface area contributed by atoms with Gasteiger partial charge in [-0.05, 0) is 55.4 Å². The summed E-state index contributed by atoms with van der Waals surface area (Å²) in [5, 5.41) is 2.85. The number of hydrogen-bond acceptors (Lipinski definition) is 2.